The smallest absolute Gasteiger partial charge is 0.254 e. The maximum absolute atomic E-state index is 11.0. The number of methoxy groups -OCH3 is 1. The van der Waals surface area contributed by atoms with Crippen LogP contribution in [0.5, 0.6) is 11.5 Å². The number of nitrogens with zero attached hydrogens (tertiary/aromatic N) is 3. The van der Waals surface area contributed by atoms with E-state index in [-0.39, 0.29) is 13.0 Å². The summed E-state index contributed by atoms with van der Waals surface area (Å²) in [5.41, 5.74) is 2.88. The topological polar surface area (TPSA) is 108 Å². The minimum Gasteiger partial charge on any atom is -0.493 e. The van der Waals surface area contributed by atoms with Gasteiger partial charge < -0.3 is 9.47 Å². The third kappa shape index (κ3) is 4.67. The Balaban J connectivity index is 2.73. The average Bonchev–Trinajstić information content (AvgIpc) is 2.46. The van der Waals surface area contributed by atoms with E-state index >= 15 is 0 Å². The first-order valence-electron chi connectivity index (χ1n) is 5.58. The van der Waals surface area contributed by atoms with Gasteiger partial charge in [-0.15, -0.1) is 0 Å². The molecule has 20 heavy (non-hydrogen) atoms. The van der Waals surface area contributed by atoms with Crippen LogP contribution in [0.25, 0.3) is 0 Å². The van der Waals surface area contributed by atoms with Gasteiger partial charge in [0.05, 0.1) is 19.4 Å². The standard InChI is InChI=1S/C13H12N4O3/c1-19-12-8-10(2-3-11(12)20-7-6-15)9-16-17-13(18)4-5-14/h2-3,8-9H,4,7H2,1H3,(H,17,18)/b16-9+. The molecule has 1 N–H and O–H groups in total. The summed E-state index contributed by atoms with van der Waals surface area (Å²) in [6.45, 7) is -0.0754. The Bertz CT molecular complexity index is 584. The van der Waals surface area contributed by atoms with Gasteiger partial charge in [-0.05, 0) is 23.8 Å². The predicted octanol–water partition coefficient (Wildman–Crippen LogP) is 0.961. The fourth-order valence-electron chi connectivity index (χ4n) is 1.28. The molecule has 0 aliphatic carbocycles. The van der Waals surface area contributed by atoms with Gasteiger partial charge in [0.2, 0.25) is 0 Å². The van der Waals surface area contributed by atoms with Crippen LogP contribution < -0.4 is 14.9 Å². The highest BCUT2D eigenvalue weighted by Crippen LogP contribution is 2.27. The van der Waals surface area contributed by atoms with E-state index in [9.17, 15) is 4.79 Å². The molecule has 0 heterocycles. The van der Waals surface area contributed by atoms with Gasteiger partial charge in [-0.25, -0.2) is 5.43 Å². The van der Waals surface area contributed by atoms with E-state index in [1.165, 1.54) is 13.3 Å². The quantitative estimate of drug-likeness (QED) is 0.613. The monoisotopic (exact) mass is 272 g/mol. The lowest BCUT2D eigenvalue weighted by atomic mass is 10.2. The predicted molar refractivity (Wildman–Crippen MR) is 70.1 cm³/mol. The summed E-state index contributed by atoms with van der Waals surface area (Å²) >= 11 is 0. The lowest BCUT2D eigenvalue weighted by molar-refractivity contribution is -0.120. The molecule has 1 aromatic carbocycles. The fourth-order valence-corrected chi connectivity index (χ4v) is 1.28. The highest BCUT2D eigenvalue weighted by Gasteiger charge is 2.04. The SMILES string of the molecule is COc1cc(/C=N/NC(=O)CC#N)ccc1OCC#N. The van der Waals surface area contributed by atoms with Crippen molar-refractivity contribution in [2.75, 3.05) is 13.7 Å². The minimum absolute atomic E-state index is 0.0754. The normalized spacial score (nSPS) is 9.55. The molecule has 0 fully saturated rings. The van der Waals surface area contributed by atoms with Crippen LogP contribution >= 0.6 is 0 Å². The number of rotatable bonds is 6. The Hall–Kier alpha value is -3.06. The van der Waals surface area contributed by atoms with Crippen LogP contribution in [0.15, 0.2) is 23.3 Å². The van der Waals surface area contributed by atoms with Crippen LogP contribution in [-0.2, 0) is 4.79 Å². The number of nitrogens with one attached hydrogen (secondary N) is 1. The zero-order valence-corrected chi connectivity index (χ0v) is 10.8. The van der Waals surface area contributed by atoms with Gasteiger partial charge in [-0.1, -0.05) is 0 Å². The molecule has 0 unspecified atom stereocenters. The number of ether oxygens (including phenoxy) is 2. The van der Waals surface area contributed by atoms with Crippen LogP contribution in [0, 0.1) is 22.7 Å². The molecule has 0 saturated heterocycles. The molecule has 0 radical (unpaired) electrons. The molecule has 7 heteroatoms. The first kappa shape index (κ1) is 15.0. The molecule has 1 aromatic rings. The zero-order chi connectivity index (χ0) is 14.8. The van der Waals surface area contributed by atoms with Crippen molar-refractivity contribution in [1.29, 1.82) is 10.5 Å². The number of hydrazone groups is 1. The number of hydrogen-bond acceptors (Lipinski definition) is 6. The number of nitriles is 2. The fraction of sp³-hybridized carbons (Fsp3) is 0.231. The van der Waals surface area contributed by atoms with E-state index in [1.54, 1.807) is 24.3 Å². The molecule has 1 amide bonds. The number of carbonyl (C=O) groups is 1. The van der Waals surface area contributed by atoms with Crippen LogP contribution in [0.1, 0.15) is 12.0 Å². The van der Waals surface area contributed by atoms with E-state index in [0.717, 1.165) is 0 Å². The summed E-state index contributed by atoms with van der Waals surface area (Å²) in [4.78, 5) is 11.0. The zero-order valence-electron chi connectivity index (χ0n) is 10.8. The van der Waals surface area contributed by atoms with Crippen LogP contribution in [-0.4, -0.2) is 25.8 Å². The Morgan fingerprint density at radius 3 is 2.85 bits per heavy atom. The van der Waals surface area contributed by atoms with E-state index in [0.29, 0.717) is 17.1 Å². The van der Waals surface area contributed by atoms with Crippen molar-refractivity contribution < 1.29 is 14.3 Å². The van der Waals surface area contributed by atoms with Gasteiger partial charge >= 0.3 is 0 Å². The molecule has 1 rings (SSSR count). The molecular formula is C13H12N4O3. The second-order valence-electron chi connectivity index (χ2n) is 3.49. The van der Waals surface area contributed by atoms with Crippen molar-refractivity contribution in [3.8, 4) is 23.6 Å². The summed E-state index contributed by atoms with van der Waals surface area (Å²) in [6.07, 6.45) is 1.16. The molecule has 7 nitrogen and oxygen atoms in total. The molecule has 0 spiro atoms. The van der Waals surface area contributed by atoms with Crippen LogP contribution in [0.3, 0.4) is 0 Å². The minimum atomic E-state index is -0.482. The first-order valence-corrected chi connectivity index (χ1v) is 5.58. The number of hydrogen-bond donors (Lipinski definition) is 1. The molecule has 0 aromatic heterocycles. The number of carbonyl (C=O) groups excluding carboxylic acids is 1. The Labute approximate surface area is 116 Å². The summed E-state index contributed by atoms with van der Waals surface area (Å²) in [6, 6.07) is 8.54. The molecule has 0 saturated carbocycles. The molecule has 0 aliphatic rings. The van der Waals surface area contributed by atoms with Gasteiger partial charge in [0.25, 0.3) is 5.91 Å². The highest BCUT2D eigenvalue weighted by molar-refractivity contribution is 5.83. The number of amides is 1. The number of benzene rings is 1. The van der Waals surface area contributed by atoms with Crippen molar-refractivity contribution in [3.05, 3.63) is 23.8 Å². The van der Waals surface area contributed by atoms with Crippen molar-refractivity contribution in [3.63, 3.8) is 0 Å². The van der Waals surface area contributed by atoms with Crippen molar-refractivity contribution in [2.45, 2.75) is 6.42 Å². The summed E-state index contributed by atoms with van der Waals surface area (Å²) in [5, 5.41) is 20.5. The largest absolute Gasteiger partial charge is 0.493 e. The van der Waals surface area contributed by atoms with E-state index < -0.39 is 5.91 Å². The van der Waals surface area contributed by atoms with Gasteiger partial charge in [-0.3, -0.25) is 4.79 Å². The van der Waals surface area contributed by atoms with E-state index in [4.69, 9.17) is 20.0 Å². The second kappa shape index (κ2) is 8.11. The lowest BCUT2D eigenvalue weighted by Crippen LogP contribution is -2.16. The maximum Gasteiger partial charge on any atom is 0.254 e. The summed E-state index contributed by atoms with van der Waals surface area (Å²) < 4.78 is 10.3. The highest BCUT2D eigenvalue weighted by atomic mass is 16.5. The average molecular weight is 272 g/mol. The van der Waals surface area contributed by atoms with Gasteiger partial charge in [0.15, 0.2) is 18.1 Å². The van der Waals surface area contributed by atoms with Gasteiger partial charge in [0, 0.05) is 0 Å². The van der Waals surface area contributed by atoms with Gasteiger partial charge in [-0.2, -0.15) is 15.6 Å². The maximum atomic E-state index is 11.0. The molecular weight excluding hydrogens is 260 g/mol. The molecule has 102 valence electrons. The summed E-state index contributed by atoms with van der Waals surface area (Å²) in [5.74, 6) is 0.414. The van der Waals surface area contributed by atoms with Crippen LogP contribution in [0.4, 0.5) is 0 Å². The van der Waals surface area contributed by atoms with Crippen molar-refractivity contribution >= 4 is 12.1 Å². The third-order valence-electron chi connectivity index (χ3n) is 2.12. The first-order chi connectivity index (χ1) is 9.71. The lowest BCUT2D eigenvalue weighted by Gasteiger charge is -2.08. The Kier molecular flexibility index (Phi) is 6.09. The van der Waals surface area contributed by atoms with Crippen molar-refractivity contribution in [2.24, 2.45) is 5.10 Å². The molecule has 0 atom stereocenters. The molecule has 0 aliphatic heterocycles. The van der Waals surface area contributed by atoms with E-state index in [1.807, 2.05) is 6.07 Å². The second-order valence-corrected chi connectivity index (χ2v) is 3.49. The van der Waals surface area contributed by atoms with E-state index in [2.05, 4.69) is 10.5 Å². The van der Waals surface area contributed by atoms with Crippen LogP contribution in [0.2, 0.25) is 0 Å². The Morgan fingerprint density at radius 2 is 2.20 bits per heavy atom. The Morgan fingerprint density at radius 1 is 1.40 bits per heavy atom. The molecule has 0 bridgehead atoms. The van der Waals surface area contributed by atoms with Gasteiger partial charge in [0.1, 0.15) is 12.5 Å². The van der Waals surface area contributed by atoms with Crippen molar-refractivity contribution in [1.82, 2.24) is 5.43 Å². The summed E-state index contributed by atoms with van der Waals surface area (Å²) in [7, 11) is 1.48. The third-order valence-corrected chi connectivity index (χ3v) is 2.12.